The molecule has 1 unspecified atom stereocenters. The van der Waals surface area contributed by atoms with E-state index >= 15 is 0 Å². The van der Waals surface area contributed by atoms with Crippen LogP contribution in [0.25, 0.3) is 0 Å². The number of rotatable bonds is 2. The second kappa shape index (κ2) is 3.73. The minimum Gasteiger partial charge on any atom is -0.325 e. The predicted octanol–water partition coefficient (Wildman–Crippen LogP) is 1.88. The van der Waals surface area contributed by atoms with E-state index < -0.39 is 0 Å². The van der Waals surface area contributed by atoms with Crippen molar-refractivity contribution in [3.8, 4) is 0 Å². The van der Waals surface area contributed by atoms with E-state index in [-0.39, 0.29) is 5.54 Å². The molecule has 0 radical (unpaired) electrons. The quantitative estimate of drug-likeness (QED) is 0.773. The molecule has 2 saturated carbocycles. The summed E-state index contributed by atoms with van der Waals surface area (Å²) in [6.45, 7) is 3.02. The van der Waals surface area contributed by atoms with Gasteiger partial charge in [-0.25, -0.2) is 0 Å². The Hall–Kier alpha value is -0.570. The third kappa shape index (κ3) is 1.41. The van der Waals surface area contributed by atoms with Gasteiger partial charge in [-0.15, -0.1) is 0 Å². The van der Waals surface area contributed by atoms with Crippen LogP contribution in [0, 0.1) is 5.92 Å². The summed E-state index contributed by atoms with van der Waals surface area (Å²) in [5.41, 5.74) is -0.155. The van der Waals surface area contributed by atoms with Crippen LogP contribution in [0.2, 0.25) is 0 Å². The van der Waals surface area contributed by atoms with E-state index in [0.29, 0.717) is 11.9 Å². The molecule has 16 heavy (non-hydrogen) atoms. The highest BCUT2D eigenvalue weighted by Crippen LogP contribution is 2.38. The van der Waals surface area contributed by atoms with Crippen LogP contribution in [0.3, 0.4) is 0 Å². The molecule has 3 rings (SSSR count). The van der Waals surface area contributed by atoms with Crippen LogP contribution in [0.1, 0.15) is 51.9 Å². The molecule has 1 saturated heterocycles. The molecule has 3 aliphatic rings. The number of hydrogen-bond donors (Lipinski definition) is 1. The molecule has 90 valence electrons. The molecule has 0 aromatic rings. The number of carbonyl (C=O) groups is 1. The maximum atomic E-state index is 12.5. The molecule has 1 aliphatic heterocycles. The molecule has 1 heterocycles. The molecule has 1 spiro atoms. The minimum absolute atomic E-state index is 0.155. The fourth-order valence-electron chi connectivity index (χ4n) is 3.53. The fourth-order valence-corrected chi connectivity index (χ4v) is 3.53. The molecule has 2 aliphatic carbocycles. The predicted molar refractivity (Wildman–Crippen MR) is 62.9 cm³/mol. The second-order valence-corrected chi connectivity index (χ2v) is 5.83. The third-order valence-corrected chi connectivity index (χ3v) is 5.04. The Labute approximate surface area is 97.6 Å². The molecule has 0 bridgehead atoms. The van der Waals surface area contributed by atoms with Crippen molar-refractivity contribution >= 4 is 5.91 Å². The van der Waals surface area contributed by atoms with E-state index in [1.807, 2.05) is 0 Å². The number of hydrogen-bond acceptors (Lipinski definition) is 2. The summed E-state index contributed by atoms with van der Waals surface area (Å²) in [5.74, 6) is 1.16. The van der Waals surface area contributed by atoms with E-state index in [2.05, 4.69) is 17.1 Å². The van der Waals surface area contributed by atoms with Gasteiger partial charge >= 0.3 is 0 Å². The second-order valence-electron chi connectivity index (χ2n) is 5.83. The molecular weight excluding hydrogens is 200 g/mol. The van der Waals surface area contributed by atoms with Crippen molar-refractivity contribution < 1.29 is 4.79 Å². The van der Waals surface area contributed by atoms with Crippen LogP contribution in [0.4, 0.5) is 0 Å². The van der Waals surface area contributed by atoms with Crippen LogP contribution in [0.5, 0.6) is 0 Å². The van der Waals surface area contributed by atoms with Crippen molar-refractivity contribution in [1.29, 1.82) is 0 Å². The summed E-state index contributed by atoms with van der Waals surface area (Å²) >= 11 is 0. The van der Waals surface area contributed by atoms with Crippen LogP contribution < -0.4 is 5.32 Å². The smallest absolute Gasteiger partial charge is 0.244 e. The molecular formula is C13H22N2O. The normalized spacial score (nSPS) is 31.1. The minimum atomic E-state index is -0.155. The van der Waals surface area contributed by atoms with E-state index in [9.17, 15) is 4.79 Å². The van der Waals surface area contributed by atoms with Crippen LogP contribution in [-0.2, 0) is 4.79 Å². The summed E-state index contributed by atoms with van der Waals surface area (Å²) in [6, 6.07) is 0.453. The van der Waals surface area contributed by atoms with Crippen LogP contribution in [0.15, 0.2) is 0 Å². The number of nitrogens with one attached hydrogen (secondary N) is 1. The number of carbonyl (C=O) groups excluding carboxylic acids is 1. The Bertz CT molecular complexity index is 292. The van der Waals surface area contributed by atoms with Crippen molar-refractivity contribution in [2.45, 2.75) is 63.5 Å². The molecule has 0 aromatic carbocycles. The number of amides is 1. The van der Waals surface area contributed by atoms with Crippen molar-refractivity contribution in [2.75, 3.05) is 6.67 Å². The van der Waals surface area contributed by atoms with Crippen LogP contribution in [-0.4, -0.2) is 29.1 Å². The maximum absolute atomic E-state index is 12.5. The fraction of sp³-hybridized carbons (Fsp3) is 0.923. The lowest BCUT2D eigenvalue weighted by Crippen LogP contribution is -2.47. The van der Waals surface area contributed by atoms with E-state index in [4.69, 9.17) is 0 Å². The van der Waals surface area contributed by atoms with Gasteiger partial charge in [0, 0.05) is 6.04 Å². The summed E-state index contributed by atoms with van der Waals surface area (Å²) in [7, 11) is 0. The standard InChI is InChI=1S/C13H22N2O/c1-10(11-5-4-6-11)15-9-14-13(12(15)16)7-2-3-8-13/h10-11,14H,2-9H2,1H3. The van der Waals surface area contributed by atoms with Gasteiger partial charge in [0.2, 0.25) is 5.91 Å². The summed E-state index contributed by atoms with van der Waals surface area (Å²) in [6.07, 6.45) is 8.53. The first-order chi connectivity index (χ1) is 7.73. The number of nitrogens with zero attached hydrogens (tertiary/aromatic N) is 1. The molecule has 1 atom stereocenters. The maximum Gasteiger partial charge on any atom is 0.244 e. The van der Waals surface area contributed by atoms with E-state index in [0.717, 1.165) is 25.4 Å². The van der Waals surface area contributed by atoms with Gasteiger partial charge in [-0.3, -0.25) is 10.1 Å². The first-order valence-electron chi connectivity index (χ1n) is 6.79. The van der Waals surface area contributed by atoms with Crippen molar-refractivity contribution in [3.05, 3.63) is 0 Å². The first-order valence-corrected chi connectivity index (χ1v) is 6.79. The van der Waals surface area contributed by atoms with Gasteiger partial charge in [0.1, 0.15) is 0 Å². The molecule has 3 nitrogen and oxygen atoms in total. The zero-order chi connectivity index (χ0) is 11.2. The van der Waals surface area contributed by atoms with Gasteiger partial charge in [-0.1, -0.05) is 19.3 Å². The van der Waals surface area contributed by atoms with Crippen molar-refractivity contribution in [1.82, 2.24) is 10.2 Å². The van der Waals surface area contributed by atoms with Gasteiger partial charge in [0.25, 0.3) is 0 Å². The molecule has 3 heteroatoms. The van der Waals surface area contributed by atoms with Gasteiger partial charge in [-0.05, 0) is 38.5 Å². The summed E-state index contributed by atoms with van der Waals surface area (Å²) < 4.78 is 0. The lowest BCUT2D eigenvalue weighted by atomic mass is 9.79. The molecule has 0 aromatic heterocycles. The third-order valence-electron chi connectivity index (χ3n) is 5.04. The topological polar surface area (TPSA) is 32.3 Å². The van der Waals surface area contributed by atoms with Gasteiger partial charge in [0.05, 0.1) is 12.2 Å². The van der Waals surface area contributed by atoms with Crippen LogP contribution >= 0.6 is 0 Å². The van der Waals surface area contributed by atoms with Crippen molar-refractivity contribution in [3.63, 3.8) is 0 Å². The van der Waals surface area contributed by atoms with E-state index in [1.165, 1.54) is 32.1 Å². The average Bonchev–Trinajstić information content (AvgIpc) is 2.75. The Morgan fingerprint density at radius 2 is 2.00 bits per heavy atom. The highest BCUT2D eigenvalue weighted by atomic mass is 16.2. The molecule has 1 N–H and O–H groups in total. The average molecular weight is 222 g/mol. The molecule has 3 fully saturated rings. The monoisotopic (exact) mass is 222 g/mol. The Morgan fingerprint density at radius 3 is 2.56 bits per heavy atom. The zero-order valence-corrected chi connectivity index (χ0v) is 10.2. The Morgan fingerprint density at radius 1 is 1.31 bits per heavy atom. The zero-order valence-electron chi connectivity index (χ0n) is 10.2. The van der Waals surface area contributed by atoms with E-state index in [1.54, 1.807) is 0 Å². The van der Waals surface area contributed by atoms with Gasteiger partial charge in [-0.2, -0.15) is 0 Å². The molecule has 1 amide bonds. The summed E-state index contributed by atoms with van der Waals surface area (Å²) in [4.78, 5) is 14.6. The SMILES string of the molecule is CC(C1CCC1)N1CNC2(CCCC2)C1=O. The van der Waals surface area contributed by atoms with Crippen molar-refractivity contribution in [2.24, 2.45) is 5.92 Å². The highest BCUT2D eigenvalue weighted by molar-refractivity contribution is 5.89. The summed E-state index contributed by atoms with van der Waals surface area (Å²) in [5, 5.41) is 3.49. The first kappa shape index (κ1) is 10.6. The van der Waals surface area contributed by atoms with Gasteiger partial charge in [0.15, 0.2) is 0 Å². The lowest BCUT2D eigenvalue weighted by Gasteiger charge is -2.37. The Balaban J connectivity index is 1.71. The lowest BCUT2D eigenvalue weighted by molar-refractivity contribution is -0.135. The van der Waals surface area contributed by atoms with Gasteiger partial charge < -0.3 is 4.90 Å². The largest absolute Gasteiger partial charge is 0.325 e. The Kier molecular flexibility index (Phi) is 2.46. The highest BCUT2D eigenvalue weighted by Gasteiger charge is 2.50.